The van der Waals surface area contributed by atoms with Crippen LogP contribution in [-0.2, 0) is 6.18 Å². The van der Waals surface area contributed by atoms with Crippen molar-refractivity contribution < 1.29 is 13.2 Å². The van der Waals surface area contributed by atoms with E-state index < -0.39 is 23.0 Å². The number of nitrogens with zero attached hydrogens (tertiary/aromatic N) is 1. The van der Waals surface area contributed by atoms with Gasteiger partial charge in [-0.2, -0.15) is 13.2 Å². The summed E-state index contributed by atoms with van der Waals surface area (Å²) in [4.78, 5) is 26.7. The molecule has 0 saturated carbocycles. The summed E-state index contributed by atoms with van der Waals surface area (Å²) in [5.74, 6) is 0. The lowest BCUT2D eigenvalue weighted by Crippen LogP contribution is -2.33. The number of aromatic amines is 1. The first-order valence-corrected chi connectivity index (χ1v) is 6.66. The molecule has 0 amide bonds. The van der Waals surface area contributed by atoms with Crippen molar-refractivity contribution in [2.24, 2.45) is 0 Å². The van der Waals surface area contributed by atoms with E-state index in [4.69, 9.17) is 0 Å². The maximum absolute atomic E-state index is 12.7. The van der Waals surface area contributed by atoms with Crippen molar-refractivity contribution in [2.45, 2.75) is 6.18 Å². The summed E-state index contributed by atoms with van der Waals surface area (Å²) in [7, 11) is 0. The largest absolute Gasteiger partial charge is 0.416 e. The Bertz CT molecular complexity index is 937. The van der Waals surface area contributed by atoms with Crippen LogP contribution in [0.5, 0.6) is 0 Å². The molecule has 0 saturated heterocycles. The average Bonchev–Trinajstić information content (AvgIpc) is 2.86. The van der Waals surface area contributed by atoms with Crippen LogP contribution in [0.3, 0.4) is 0 Å². The highest BCUT2D eigenvalue weighted by molar-refractivity contribution is 7.17. The van der Waals surface area contributed by atoms with Crippen molar-refractivity contribution >= 4 is 21.6 Å². The van der Waals surface area contributed by atoms with Gasteiger partial charge in [0.05, 0.1) is 16.8 Å². The second kappa shape index (κ2) is 4.59. The standard InChI is InChI=1S/C13H7F3N2O2S/c14-13(15,16)7-2-1-3-8(6-7)18-11(19)10-9(4-5-21-10)17-12(18)20/h1-6H,(H,17,20). The summed E-state index contributed by atoms with van der Waals surface area (Å²) in [6, 6.07) is 5.66. The monoisotopic (exact) mass is 312 g/mol. The molecular weight excluding hydrogens is 305 g/mol. The van der Waals surface area contributed by atoms with E-state index in [2.05, 4.69) is 4.98 Å². The minimum absolute atomic E-state index is 0.119. The highest BCUT2D eigenvalue weighted by Crippen LogP contribution is 2.30. The van der Waals surface area contributed by atoms with Crippen LogP contribution in [0.25, 0.3) is 15.9 Å². The number of alkyl halides is 3. The Balaban J connectivity index is 2.31. The Kier molecular flexibility index (Phi) is 2.98. The SMILES string of the molecule is O=c1[nH]c2ccsc2c(=O)n1-c1cccc(C(F)(F)F)c1. The first kappa shape index (κ1) is 13.6. The lowest BCUT2D eigenvalue weighted by Gasteiger charge is -2.09. The molecule has 1 N–H and O–H groups in total. The molecule has 0 spiro atoms. The topological polar surface area (TPSA) is 54.9 Å². The molecule has 2 heterocycles. The number of benzene rings is 1. The molecule has 2 aromatic heterocycles. The zero-order valence-corrected chi connectivity index (χ0v) is 11.1. The van der Waals surface area contributed by atoms with Crippen LogP contribution in [0.2, 0.25) is 0 Å². The number of halogens is 3. The van der Waals surface area contributed by atoms with Crippen molar-refractivity contribution in [1.29, 1.82) is 0 Å². The van der Waals surface area contributed by atoms with Crippen LogP contribution in [0.4, 0.5) is 13.2 Å². The van der Waals surface area contributed by atoms with Crippen molar-refractivity contribution in [2.75, 3.05) is 0 Å². The molecule has 0 aliphatic heterocycles. The highest BCUT2D eigenvalue weighted by atomic mass is 32.1. The zero-order chi connectivity index (χ0) is 15.2. The van der Waals surface area contributed by atoms with E-state index in [0.29, 0.717) is 10.1 Å². The summed E-state index contributed by atoms with van der Waals surface area (Å²) in [5, 5.41) is 1.62. The minimum Gasteiger partial charge on any atom is -0.306 e. The van der Waals surface area contributed by atoms with Gasteiger partial charge in [0.2, 0.25) is 0 Å². The molecule has 3 rings (SSSR count). The Morgan fingerprint density at radius 3 is 2.62 bits per heavy atom. The lowest BCUT2D eigenvalue weighted by atomic mass is 10.2. The van der Waals surface area contributed by atoms with Gasteiger partial charge in [-0.05, 0) is 29.6 Å². The van der Waals surface area contributed by atoms with Gasteiger partial charge in [-0.1, -0.05) is 6.07 Å². The Hall–Kier alpha value is -2.35. The molecule has 0 fully saturated rings. The number of hydrogen-bond donors (Lipinski definition) is 1. The molecule has 108 valence electrons. The summed E-state index contributed by atoms with van der Waals surface area (Å²) in [6.07, 6.45) is -4.54. The summed E-state index contributed by atoms with van der Waals surface area (Å²) in [5.41, 5.74) is -2.07. The first-order chi connectivity index (χ1) is 9.88. The molecule has 3 aromatic rings. The maximum Gasteiger partial charge on any atom is 0.416 e. The maximum atomic E-state index is 12.7. The van der Waals surface area contributed by atoms with E-state index in [9.17, 15) is 22.8 Å². The molecule has 0 unspecified atom stereocenters. The van der Waals surface area contributed by atoms with Crippen molar-refractivity contribution in [1.82, 2.24) is 9.55 Å². The van der Waals surface area contributed by atoms with Crippen LogP contribution in [0.1, 0.15) is 5.56 Å². The van der Waals surface area contributed by atoms with Crippen molar-refractivity contribution in [3.63, 3.8) is 0 Å². The van der Waals surface area contributed by atoms with Gasteiger partial charge in [-0.25, -0.2) is 9.36 Å². The third-order valence-electron chi connectivity index (χ3n) is 2.94. The quantitative estimate of drug-likeness (QED) is 0.751. The van der Waals surface area contributed by atoms with Crippen LogP contribution >= 0.6 is 11.3 Å². The predicted octanol–water partition coefficient (Wildman–Crippen LogP) is 2.76. The van der Waals surface area contributed by atoms with Gasteiger partial charge in [0.25, 0.3) is 5.56 Å². The normalized spacial score (nSPS) is 12.0. The number of aromatic nitrogens is 2. The van der Waals surface area contributed by atoms with Gasteiger partial charge in [-0.3, -0.25) is 4.79 Å². The second-order valence-electron chi connectivity index (χ2n) is 4.28. The number of H-pyrrole nitrogens is 1. The van der Waals surface area contributed by atoms with Crippen LogP contribution in [-0.4, -0.2) is 9.55 Å². The van der Waals surface area contributed by atoms with Crippen molar-refractivity contribution in [3.05, 3.63) is 62.1 Å². The third-order valence-corrected chi connectivity index (χ3v) is 3.84. The van der Waals surface area contributed by atoms with E-state index in [1.165, 1.54) is 6.07 Å². The first-order valence-electron chi connectivity index (χ1n) is 5.78. The van der Waals surface area contributed by atoms with Crippen molar-refractivity contribution in [3.8, 4) is 5.69 Å². The predicted molar refractivity (Wildman–Crippen MR) is 73.0 cm³/mol. The van der Waals surface area contributed by atoms with Gasteiger partial charge in [-0.15, -0.1) is 11.3 Å². The lowest BCUT2D eigenvalue weighted by molar-refractivity contribution is -0.137. The van der Waals surface area contributed by atoms with Gasteiger partial charge >= 0.3 is 11.9 Å². The van der Waals surface area contributed by atoms with E-state index in [1.54, 1.807) is 11.4 Å². The summed E-state index contributed by atoms with van der Waals surface area (Å²) in [6.45, 7) is 0. The number of fused-ring (bicyclic) bond motifs is 1. The van der Waals surface area contributed by atoms with E-state index in [-0.39, 0.29) is 10.4 Å². The minimum atomic E-state index is -4.54. The number of hydrogen-bond acceptors (Lipinski definition) is 3. The number of rotatable bonds is 1. The Labute approximate surface area is 119 Å². The van der Waals surface area contributed by atoms with Gasteiger partial charge in [0.15, 0.2) is 0 Å². The van der Waals surface area contributed by atoms with E-state index >= 15 is 0 Å². The smallest absolute Gasteiger partial charge is 0.306 e. The summed E-state index contributed by atoms with van der Waals surface area (Å²) < 4.78 is 39.1. The number of thiophene rings is 1. The Morgan fingerprint density at radius 1 is 1.14 bits per heavy atom. The molecule has 0 bridgehead atoms. The molecule has 0 atom stereocenters. The molecular formula is C13H7F3N2O2S. The zero-order valence-electron chi connectivity index (χ0n) is 10.3. The molecule has 0 aliphatic carbocycles. The average molecular weight is 312 g/mol. The number of nitrogens with one attached hydrogen (secondary N) is 1. The molecule has 0 aliphatic rings. The fraction of sp³-hybridized carbons (Fsp3) is 0.0769. The highest BCUT2D eigenvalue weighted by Gasteiger charge is 2.30. The fourth-order valence-electron chi connectivity index (χ4n) is 1.99. The van der Waals surface area contributed by atoms with Gasteiger partial charge in [0, 0.05) is 0 Å². The second-order valence-corrected chi connectivity index (χ2v) is 5.20. The Morgan fingerprint density at radius 2 is 1.90 bits per heavy atom. The summed E-state index contributed by atoms with van der Waals surface area (Å²) >= 11 is 1.12. The van der Waals surface area contributed by atoms with Crippen LogP contribution in [0.15, 0.2) is 45.3 Å². The van der Waals surface area contributed by atoms with Crippen LogP contribution < -0.4 is 11.2 Å². The molecule has 8 heteroatoms. The van der Waals surface area contributed by atoms with Gasteiger partial charge in [0.1, 0.15) is 4.70 Å². The van der Waals surface area contributed by atoms with E-state index in [0.717, 1.165) is 29.5 Å². The van der Waals surface area contributed by atoms with E-state index in [1.807, 2.05) is 0 Å². The molecule has 4 nitrogen and oxygen atoms in total. The van der Waals surface area contributed by atoms with Crippen LogP contribution in [0, 0.1) is 0 Å². The fourth-order valence-corrected chi connectivity index (χ4v) is 2.77. The molecule has 0 radical (unpaired) electrons. The third kappa shape index (κ3) is 2.27. The van der Waals surface area contributed by atoms with Gasteiger partial charge < -0.3 is 4.98 Å². The molecule has 21 heavy (non-hydrogen) atoms. The molecule has 1 aromatic carbocycles.